The van der Waals surface area contributed by atoms with Gasteiger partial charge in [0.25, 0.3) is 5.91 Å². The van der Waals surface area contributed by atoms with Crippen LogP contribution in [0.3, 0.4) is 0 Å². The molecule has 0 radical (unpaired) electrons. The molecule has 0 atom stereocenters. The molecule has 1 N–H and O–H groups in total. The van der Waals surface area contributed by atoms with E-state index >= 15 is 0 Å². The number of aryl methyl sites for hydroxylation is 1. The highest BCUT2D eigenvalue weighted by Crippen LogP contribution is 2.21. The highest BCUT2D eigenvalue weighted by atomic mass is 35.5. The first-order chi connectivity index (χ1) is 11.1. The molecule has 0 aliphatic carbocycles. The number of benzene rings is 2. The zero-order valence-corrected chi connectivity index (χ0v) is 13.9. The van der Waals surface area contributed by atoms with Gasteiger partial charge in [0.1, 0.15) is 5.52 Å². The molecule has 118 valence electrons. The summed E-state index contributed by atoms with van der Waals surface area (Å²) in [6.45, 7) is 3.05. The van der Waals surface area contributed by atoms with Crippen LogP contribution in [0.1, 0.15) is 22.8 Å². The Morgan fingerprint density at radius 2 is 2.04 bits per heavy atom. The van der Waals surface area contributed by atoms with Crippen LogP contribution in [0, 0.1) is 0 Å². The molecule has 0 fully saturated rings. The molecule has 1 heterocycles. The third-order valence-corrected chi connectivity index (χ3v) is 4.12. The van der Waals surface area contributed by atoms with Gasteiger partial charge in [-0.05, 0) is 42.8 Å². The summed E-state index contributed by atoms with van der Waals surface area (Å²) in [5.74, 6) is -0.191. The van der Waals surface area contributed by atoms with Gasteiger partial charge < -0.3 is 5.32 Å². The van der Waals surface area contributed by atoms with E-state index in [1.807, 2.05) is 13.0 Å². The first kappa shape index (κ1) is 15.8. The van der Waals surface area contributed by atoms with Crippen molar-refractivity contribution in [3.8, 4) is 0 Å². The fraction of sp³-hybridized carbons (Fsp3) is 0.188. The number of carbonyl (C=O) groups is 1. The lowest BCUT2D eigenvalue weighted by Gasteiger charge is -2.07. The van der Waals surface area contributed by atoms with Gasteiger partial charge in [0.2, 0.25) is 0 Å². The molecule has 23 heavy (non-hydrogen) atoms. The summed E-state index contributed by atoms with van der Waals surface area (Å²) < 4.78 is 1.78. The van der Waals surface area contributed by atoms with Crippen molar-refractivity contribution in [3.05, 3.63) is 57.6 Å². The Bertz CT molecular complexity index is 876. The maximum Gasteiger partial charge on any atom is 0.251 e. The minimum atomic E-state index is -0.191. The maximum absolute atomic E-state index is 12.3. The first-order valence-corrected chi connectivity index (χ1v) is 7.89. The number of aromatic nitrogens is 3. The van der Waals surface area contributed by atoms with Crippen LogP contribution in [0.2, 0.25) is 10.0 Å². The molecule has 0 saturated carbocycles. The van der Waals surface area contributed by atoms with Gasteiger partial charge in [-0.25, -0.2) is 4.68 Å². The second-order valence-corrected chi connectivity index (χ2v) is 5.87. The summed E-state index contributed by atoms with van der Waals surface area (Å²) in [5, 5.41) is 12.0. The quantitative estimate of drug-likeness (QED) is 0.782. The minimum absolute atomic E-state index is 0.191. The van der Waals surface area contributed by atoms with Crippen LogP contribution in [0.25, 0.3) is 11.0 Å². The van der Waals surface area contributed by atoms with Gasteiger partial charge in [-0.15, -0.1) is 5.10 Å². The number of fused-ring (bicyclic) bond motifs is 1. The summed E-state index contributed by atoms with van der Waals surface area (Å²) in [5.41, 5.74) is 2.95. The van der Waals surface area contributed by atoms with Crippen LogP contribution in [0.15, 0.2) is 36.4 Å². The van der Waals surface area contributed by atoms with Crippen molar-refractivity contribution in [1.82, 2.24) is 20.3 Å². The molecular weight excluding hydrogens is 335 g/mol. The van der Waals surface area contributed by atoms with Gasteiger partial charge >= 0.3 is 0 Å². The van der Waals surface area contributed by atoms with Gasteiger partial charge in [-0.1, -0.05) is 34.5 Å². The topological polar surface area (TPSA) is 59.8 Å². The molecule has 3 rings (SSSR count). The van der Waals surface area contributed by atoms with E-state index in [1.165, 1.54) is 0 Å². The number of hydrogen-bond acceptors (Lipinski definition) is 3. The van der Waals surface area contributed by atoms with Gasteiger partial charge in [0, 0.05) is 28.7 Å². The zero-order valence-electron chi connectivity index (χ0n) is 12.4. The average molecular weight is 349 g/mol. The molecule has 0 aliphatic rings. The number of halogens is 2. The van der Waals surface area contributed by atoms with E-state index in [2.05, 4.69) is 15.6 Å². The Morgan fingerprint density at radius 1 is 1.22 bits per heavy atom. The number of rotatable bonds is 4. The van der Waals surface area contributed by atoms with Crippen LogP contribution in [0.4, 0.5) is 0 Å². The molecule has 7 heteroatoms. The predicted octanol–water partition coefficient (Wildman–Crippen LogP) is 3.69. The Kier molecular flexibility index (Phi) is 4.50. The summed E-state index contributed by atoms with van der Waals surface area (Å²) in [6.07, 6.45) is 0. The maximum atomic E-state index is 12.3. The number of amides is 1. The average Bonchev–Trinajstić information content (AvgIpc) is 2.96. The molecule has 5 nitrogen and oxygen atoms in total. The van der Waals surface area contributed by atoms with E-state index in [4.69, 9.17) is 23.2 Å². The van der Waals surface area contributed by atoms with Gasteiger partial charge in [0.05, 0.1) is 5.52 Å². The van der Waals surface area contributed by atoms with E-state index in [0.29, 0.717) is 27.7 Å². The number of nitrogens with one attached hydrogen (secondary N) is 1. The SMILES string of the molecule is CCn1nnc2cc(C(=O)NCc3ccc(Cl)cc3Cl)ccc21. The van der Waals surface area contributed by atoms with Crippen LogP contribution >= 0.6 is 23.2 Å². The monoisotopic (exact) mass is 348 g/mol. The normalized spacial score (nSPS) is 10.9. The second kappa shape index (κ2) is 6.56. The van der Waals surface area contributed by atoms with E-state index in [9.17, 15) is 4.79 Å². The van der Waals surface area contributed by atoms with E-state index in [0.717, 1.165) is 17.6 Å². The Labute approximate surface area is 143 Å². The fourth-order valence-electron chi connectivity index (χ4n) is 2.29. The molecule has 1 amide bonds. The van der Waals surface area contributed by atoms with Crippen LogP contribution < -0.4 is 5.32 Å². The van der Waals surface area contributed by atoms with Gasteiger partial charge in [-0.3, -0.25) is 4.79 Å². The summed E-state index contributed by atoms with van der Waals surface area (Å²) in [6, 6.07) is 10.5. The molecule has 0 unspecified atom stereocenters. The van der Waals surface area contributed by atoms with Crippen molar-refractivity contribution >= 4 is 40.1 Å². The molecule has 3 aromatic rings. The lowest BCUT2D eigenvalue weighted by atomic mass is 10.1. The summed E-state index contributed by atoms with van der Waals surface area (Å²) >= 11 is 12.0. The number of nitrogens with zero attached hydrogens (tertiary/aromatic N) is 3. The number of hydrogen-bond donors (Lipinski definition) is 1. The minimum Gasteiger partial charge on any atom is -0.348 e. The standard InChI is InChI=1S/C16H14Cl2N4O/c1-2-22-15-6-4-10(7-14(15)20-21-22)16(23)19-9-11-3-5-12(17)8-13(11)18/h3-8H,2,9H2,1H3,(H,19,23). The molecule has 0 bridgehead atoms. The molecule has 0 aliphatic heterocycles. The van der Waals surface area contributed by atoms with E-state index in [-0.39, 0.29) is 5.91 Å². The second-order valence-electron chi connectivity index (χ2n) is 5.03. The summed E-state index contributed by atoms with van der Waals surface area (Å²) in [4.78, 5) is 12.3. The van der Waals surface area contributed by atoms with Crippen LogP contribution in [-0.4, -0.2) is 20.9 Å². The third-order valence-electron chi connectivity index (χ3n) is 3.53. The zero-order chi connectivity index (χ0) is 16.4. The van der Waals surface area contributed by atoms with Gasteiger partial charge in [-0.2, -0.15) is 0 Å². The predicted molar refractivity (Wildman–Crippen MR) is 90.8 cm³/mol. The van der Waals surface area contributed by atoms with Crippen molar-refractivity contribution < 1.29 is 4.79 Å². The lowest BCUT2D eigenvalue weighted by Crippen LogP contribution is -2.22. The Balaban J connectivity index is 1.75. The smallest absolute Gasteiger partial charge is 0.251 e. The summed E-state index contributed by atoms with van der Waals surface area (Å²) in [7, 11) is 0. The van der Waals surface area contributed by atoms with Crippen molar-refractivity contribution in [1.29, 1.82) is 0 Å². The van der Waals surface area contributed by atoms with Crippen LogP contribution in [-0.2, 0) is 13.1 Å². The van der Waals surface area contributed by atoms with Crippen molar-refractivity contribution in [2.75, 3.05) is 0 Å². The molecule has 2 aromatic carbocycles. The Hall–Kier alpha value is -2.11. The van der Waals surface area contributed by atoms with Crippen LogP contribution in [0.5, 0.6) is 0 Å². The van der Waals surface area contributed by atoms with Gasteiger partial charge in [0.15, 0.2) is 0 Å². The molecule has 1 aromatic heterocycles. The fourth-order valence-corrected chi connectivity index (χ4v) is 2.76. The van der Waals surface area contributed by atoms with E-state index < -0.39 is 0 Å². The van der Waals surface area contributed by atoms with Crippen molar-refractivity contribution in [2.45, 2.75) is 20.0 Å². The highest BCUT2D eigenvalue weighted by molar-refractivity contribution is 6.35. The first-order valence-electron chi connectivity index (χ1n) is 7.14. The molecular formula is C16H14Cl2N4O. The molecule has 0 spiro atoms. The highest BCUT2D eigenvalue weighted by Gasteiger charge is 2.10. The van der Waals surface area contributed by atoms with Crippen molar-refractivity contribution in [2.24, 2.45) is 0 Å². The molecule has 0 saturated heterocycles. The van der Waals surface area contributed by atoms with Crippen molar-refractivity contribution in [3.63, 3.8) is 0 Å². The largest absolute Gasteiger partial charge is 0.348 e. The lowest BCUT2D eigenvalue weighted by molar-refractivity contribution is 0.0951. The Morgan fingerprint density at radius 3 is 2.78 bits per heavy atom. The van der Waals surface area contributed by atoms with E-state index in [1.54, 1.807) is 35.0 Å². The number of carbonyl (C=O) groups excluding carboxylic acids is 1. The third kappa shape index (κ3) is 3.30.